The molecule has 2 aromatic rings. The summed E-state index contributed by atoms with van der Waals surface area (Å²) in [6, 6.07) is 5.45. The number of aromatic nitrogens is 3. The van der Waals surface area contributed by atoms with Gasteiger partial charge in [-0.25, -0.2) is 4.98 Å². The molecule has 1 aliphatic carbocycles. The number of piperidine rings is 1. The maximum Gasteiger partial charge on any atom is 0.251 e. The zero-order valence-electron chi connectivity index (χ0n) is 15.4. The summed E-state index contributed by atoms with van der Waals surface area (Å²) in [7, 11) is 0. The van der Waals surface area contributed by atoms with Gasteiger partial charge >= 0.3 is 0 Å². The summed E-state index contributed by atoms with van der Waals surface area (Å²) in [5.74, 6) is 1.94. The van der Waals surface area contributed by atoms with Gasteiger partial charge in [-0.3, -0.25) is 9.78 Å². The zero-order valence-corrected chi connectivity index (χ0v) is 15.4. The van der Waals surface area contributed by atoms with E-state index in [0.29, 0.717) is 11.7 Å². The van der Waals surface area contributed by atoms with Crippen LogP contribution in [0, 0.1) is 5.92 Å². The molecule has 1 saturated carbocycles. The highest BCUT2D eigenvalue weighted by Crippen LogP contribution is 2.30. The SMILES string of the molecule is O=c1cc(C2CCN(CC3CCCCC3)CC2)nc(-c2ccncc2)[nH]1. The summed E-state index contributed by atoms with van der Waals surface area (Å²) in [6.45, 7) is 3.51. The molecular formula is C21H28N4O. The first-order chi connectivity index (χ1) is 12.8. The molecule has 0 unspecified atom stereocenters. The number of rotatable bonds is 4. The van der Waals surface area contributed by atoms with Crippen molar-refractivity contribution < 1.29 is 0 Å². The van der Waals surface area contributed by atoms with E-state index in [1.807, 2.05) is 12.1 Å². The van der Waals surface area contributed by atoms with Crippen LogP contribution in [0.2, 0.25) is 0 Å². The minimum absolute atomic E-state index is 0.0635. The number of nitrogens with zero attached hydrogens (tertiary/aromatic N) is 3. The molecule has 4 rings (SSSR count). The fraction of sp³-hybridized carbons (Fsp3) is 0.571. The van der Waals surface area contributed by atoms with Crippen LogP contribution in [0.3, 0.4) is 0 Å². The summed E-state index contributed by atoms with van der Waals surface area (Å²) < 4.78 is 0. The van der Waals surface area contributed by atoms with Gasteiger partial charge in [-0.05, 0) is 56.8 Å². The Morgan fingerprint density at radius 3 is 2.50 bits per heavy atom. The van der Waals surface area contributed by atoms with Gasteiger partial charge in [0, 0.05) is 36.5 Å². The van der Waals surface area contributed by atoms with Crippen molar-refractivity contribution in [3.8, 4) is 11.4 Å². The van der Waals surface area contributed by atoms with E-state index >= 15 is 0 Å². The highest BCUT2D eigenvalue weighted by Gasteiger charge is 2.25. The molecule has 2 aliphatic rings. The molecule has 0 atom stereocenters. The largest absolute Gasteiger partial charge is 0.307 e. The lowest BCUT2D eigenvalue weighted by Crippen LogP contribution is -2.37. The van der Waals surface area contributed by atoms with Crippen molar-refractivity contribution in [2.45, 2.75) is 50.9 Å². The standard InChI is InChI=1S/C21H28N4O/c26-20-14-19(23-21(24-20)18-6-10-22-11-7-18)17-8-12-25(13-9-17)15-16-4-2-1-3-5-16/h6-7,10-11,14,16-17H,1-5,8-9,12-13,15H2,(H,23,24,26). The maximum atomic E-state index is 12.1. The van der Waals surface area contributed by atoms with Gasteiger partial charge < -0.3 is 9.88 Å². The molecule has 2 aromatic heterocycles. The molecule has 1 saturated heterocycles. The summed E-state index contributed by atoms with van der Waals surface area (Å²) >= 11 is 0. The quantitative estimate of drug-likeness (QED) is 0.913. The van der Waals surface area contributed by atoms with E-state index in [9.17, 15) is 4.79 Å². The van der Waals surface area contributed by atoms with Crippen LogP contribution in [0.25, 0.3) is 11.4 Å². The van der Waals surface area contributed by atoms with Crippen molar-refractivity contribution in [3.63, 3.8) is 0 Å². The average molecular weight is 352 g/mol. The Kier molecular flexibility index (Phi) is 5.44. The first kappa shape index (κ1) is 17.4. The van der Waals surface area contributed by atoms with Crippen LogP contribution >= 0.6 is 0 Å². The van der Waals surface area contributed by atoms with Gasteiger partial charge in [0.1, 0.15) is 5.82 Å². The van der Waals surface area contributed by atoms with E-state index in [1.54, 1.807) is 18.5 Å². The fourth-order valence-electron chi connectivity index (χ4n) is 4.48. The highest BCUT2D eigenvalue weighted by atomic mass is 16.1. The molecule has 1 aliphatic heterocycles. The number of hydrogen-bond donors (Lipinski definition) is 1. The number of hydrogen-bond acceptors (Lipinski definition) is 4. The third-order valence-electron chi connectivity index (χ3n) is 5.96. The van der Waals surface area contributed by atoms with Gasteiger partial charge in [-0.2, -0.15) is 0 Å². The molecule has 0 amide bonds. The molecule has 0 aromatic carbocycles. The molecule has 0 bridgehead atoms. The molecule has 138 valence electrons. The van der Waals surface area contributed by atoms with Crippen LogP contribution < -0.4 is 5.56 Å². The predicted molar refractivity (Wildman–Crippen MR) is 103 cm³/mol. The highest BCUT2D eigenvalue weighted by molar-refractivity contribution is 5.53. The van der Waals surface area contributed by atoms with Crippen molar-refractivity contribution in [1.82, 2.24) is 19.9 Å². The molecule has 5 nitrogen and oxygen atoms in total. The van der Waals surface area contributed by atoms with Gasteiger partial charge in [0.15, 0.2) is 0 Å². The summed E-state index contributed by atoms with van der Waals surface area (Å²) in [6.07, 6.45) is 12.7. The summed E-state index contributed by atoms with van der Waals surface area (Å²) in [5.41, 5.74) is 1.79. The van der Waals surface area contributed by atoms with E-state index in [1.165, 1.54) is 38.6 Å². The number of nitrogens with one attached hydrogen (secondary N) is 1. The topological polar surface area (TPSA) is 61.9 Å². The van der Waals surface area contributed by atoms with Gasteiger partial charge in [0.05, 0.1) is 5.69 Å². The van der Waals surface area contributed by atoms with Crippen molar-refractivity contribution in [2.75, 3.05) is 19.6 Å². The number of likely N-dealkylation sites (tertiary alicyclic amines) is 1. The lowest BCUT2D eigenvalue weighted by Gasteiger charge is -2.35. The van der Waals surface area contributed by atoms with Crippen molar-refractivity contribution in [2.24, 2.45) is 5.92 Å². The molecule has 3 heterocycles. The van der Waals surface area contributed by atoms with Crippen LogP contribution in [-0.4, -0.2) is 39.5 Å². The maximum absolute atomic E-state index is 12.1. The van der Waals surface area contributed by atoms with Crippen LogP contribution in [0.4, 0.5) is 0 Å². The van der Waals surface area contributed by atoms with Gasteiger partial charge in [-0.1, -0.05) is 19.3 Å². The van der Waals surface area contributed by atoms with Crippen LogP contribution in [0.15, 0.2) is 35.4 Å². The number of aromatic amines is 1. The minimum atomic E-state index is -0.0635. The summed E-state index contributed by atoms with van der Waals surface area (Å²) in [5, 5.41) is 0. The van der Waals surface area contributed by atoms with E-state index < -0.39 is 0 Å². The molecule has 0 radical (unpaired) electrons. The van der Waals surface area contributed by atoms with Gasteiger partial charge in [-0.15, -0.1) is 0 Å². The predicted octanol–water partition coefficient (Wildman–Crippen LogP) is 3.59. The number of pyridine rings is 1. The Morgan fingerprint density at radius 1 is 1.04 bits per heavy atom. The first-order valence-electron chi connectivity index (χ1n) is 10.0. The molecule has 0 spiro atoms. The van der Waals surface area contributed by atoms with Gasteiger partial charge in [0.2, 0.25) is 0 Å². The zero-order chi connectivity index (χ0) is 17.8. The normalized spacial score (nSPS) is 20.3. The molecule has 2 fully saturated rings. The van der Waals surface area contributed by atoms with E-state index in [-0.39, 0.29) is 5.56 Å². The Hall–Kier alpha value is -2.01. The lowest BCUT2D eigenvalue weighted by molar-refractivity contribution is 0.163. The first-order valence-corrected chi connectivity index (χ1v) is 10.0. The Morgan fingerprint density at radius 2 is 1.77 bits per heavy atom. The second kappa shape index (κ2) is 8.12. The van der Waals surface area contributed by atoms with E-state index in [2.05, 4.69) is 14.9 Å². The van der Waals surface area contributed by atoms with Crippen molar-refractivity contribution >= 4 is 0 Å². The van der Waals surface area contributed by atoms with Crippen molar-refractivity contribution in [3.05, 3.63) is 46.6 Å². The average Bonchev–Trinajstić information content (AvgIpc) is 2.70. The molecule has 5 heteroatoms. The van der Waals surface area contributed by atoms with E-state index in [4.69, 9.17) is 4.98 Å². The van der Waals surface area contributed by atoms with E-state index in [0.717, 1.165) is 43.1 Å². The molecular weight excluding hydrogens is 324 g/mol. The smallest absolute Gasteiger partial charge is 0.251 e. The third kappa shape index (κ3) is 4.21. The van der Waals surface area contributed by atoms with Crippen LogP contribution in [-0.2, 0) is 0 Å². The number of H-pyrrole nitrogens is 1. The fourth-order valence-corrected chi connectivity index (χ4v) is 4.48. The third-order valence-corrected chi connectivity index (χ3v) is 5.96. The van der Waals surface area contributed by atoms with Crippen LogP contribution in [0.5, 0.6) is 0 Å². The Balaban J connectivity index is 1.41. The Bertz CT molecular complexity index is 759. The lowest BCUT2D eigenvalue weighted by atomic mass is 9.87. The van der Waals surface area contributed by atoms with Crippen molar-refractivity contribution in [1.29, 1.82) is 0 Å². The second-order valence-electron chi connectivity index (χ2n) is 7.83. The summed E-state index contributed by atoms with van der Waals surface area (Å²) in [4.78, 5) is 26.4. The van der Waals surface area contributed by atoms with Crippen LogP contribution in [0.1, 0.15) is 56.6 Å². The minimum Gasteiger partial charge on any atom is -0.307 e. The second-order valence-corrected chi connectivity index (χ2v) is 7.83. The monoisotopic (exact) mass is 352 g/mol. The molecule has 26 heavy (non-hydrogen) atoms. The Labute approximate surface area is 154 Å². The van der Waals surface area contributed by atoms with Gasteiger partial charge in [0.25, 0.3) is 5.56 Å². The molecule has 1 N–H and O–H groups in total.